The van der Waals surface area contributed by atoms with Gasteiger partial charge in [0.05, 0.1) is 0 Å². The molecule has 0 aromatic heterocycles. The number of para-hydroxylation sites is 1. The summed E-state index contributed by atoms with van der Waals surface area (Å²) < 4.78 is 5.84. The summed E-state index contributed by atoms with van der Waals surface area (Å²) in [6.07, 6.45) is 4.68. The molecule has 0 spiro atoms. The van der Waals surface area contributed by atoms with Crippen molar-refractivity contribution < 1.29 is 4.74 Å². The van der Waals surface area contributed by atoms with Crippen molar-refractivity contribution in [3.63, 3.8) is 0 Å². The highest BCUT2D eigenvalue weighted by Gasteiger charge is 2.07. The largest absolute Gasteiger partial charge is 0.457 e. The maximum absolute atomic E-state index is 6.24. The number of unbranched alkanes of at least 4 members (excludes halogenated alkanes) is 2. The van der Waals surface area contributed by atoms with Crippen LogP contribution in [0.1, 0.15) is 44.2 Å². The van der Waals surface area contributed by atoms with E-state index in [1.807, 2.05) is 48.5 Å². The van der Waals surface area contributed by atoms with E-state index in [0.29, 0.717) is 0 Å². The van der Waals surface area contributed by atoms with Crippen molar-refractivity contribution in [1.82, 2.24) is 0 Å². The van der Waals surface area contributed by atoms with E-state index in [-0.39, 0.29) is 6.04 Å². The van der Waals surface area contributed by atoms with Gasteiger partial charge >= 0.3 is 0 Å². The minimum Gasteiger partial charge on any atom is -0.457 e. The summed E-state index contributed by atoms with van der Waals surface area (Å²) >= 11 is 0. The Morgan fingerprint density at radius 2 is 1.70 bits per heavy atom. The lowest BCUT2D eigenvalue weighted by molar-refractivity contribution is 0.480. The third-order valence-electron chi connectivity index (χ3n) is 3.38. The molecule has 0 radical (unpaired) electrons. The van der Waals surface area contributed by atoms with Crippen molar-refractivity contribution in [2.45, 2.75) is 38.6 Å². The summed E-state index contributed by atoms with van der Waals surface area (Å²) in [4.78, 5) is 0. The van der Waals surface area contributed by atoms with E-state index in [1.165, 1.54) is 19.3 Å². The first kappa shape index (κ1) is 14.6. The number of hydrogen-bond donors (Lipinski definition) is 1. The van der Waals surface area contributed by atoms with E-state index in [2.05, 4.69) is 13.0 Å². The van der Waals surface area contributed by atoms with Crippen LogP contribution in [0.15, 0.2) is 54.6 Å². The standard InChI is InChI=1S/C18H23NO/c1-2-3-5-13-18(19)15-9-8-12-17(14-15)20-16-10-6-4-7-11-16/h4,6-12,14,18H,2-3,5,13,19H2,1H3/t18-/m0/s1. The highest BCUT2D eigenvalue weighted by atomic mass is 16.5. The third-order valence-corrected chi connectivity index (χ3v) is 3.38. The SMILES string of the molecule is CCCCC[C@H](N)c1cccc(Oc2ccccc2)c1. The van der Waals surface area contributed by atoms with E-state index in [9.17, 15) is 0 Å². The molecule has 2 aromatic carbocycles. The second-order valence-corrected chi connectivity index (χ2v) is 5.09. The van der Waals surface area contributed by atoms with Gasteiger partial charge in [0.15, 0.2) is 0 Å². The minimum atomic E-state index is 0.0980. The Bertz CT molecular complexity index is 510. The van der Waals surface area contributed by atoms with Gasteiger partial charge in [-0.1, -0.05) is 56.5 Å². The van der Waals surface area contributed by atoms with E-state index in [4.69, 9.17) is 10.5 Å². The van der Waals surface area contributed by atoms with Gasteiger partial charge in [0.25, 0.3) is 0 Å². The summed E-state index contributed by atoms with van der Waals surface area (Å²) in [6, 6.07) is 18.0. The zero-order chi connectivity index (χ0) is 14.2. The fourth-order valence-corrected chi connectivity index (χ4v) is 2.21. The van der Waals surface area contributed by atoms with E-state index < -0.39 is 0 Å². The summed E-state index contributed by atoms with van der Waals surface area (Å²) in [5.41, 5.74) is 7.39. The smallest absolute Gasteiger partial charge is 0.127 e. The Morgan fingerprint density at radius 3 is 2.45 bits per heavy atom. The molecule has 0 fully saturated rings. The van der Waals surface area contributed by atoms with Crippen LogP contribution in [0.5, 0.6) is 11.5 Å². The third kappa shape index (κ3) is 4.39. The summed E-state index contributed by atoms with van der Waals surface area (Å²) in [6.45, 7) is 2.21. The minimum absolute atomic E-state index is 0.0980. The van der Waals surface area contributed by atoms with Crippen molar-refractivity contribution >= 4 is 0 Å². The maximum atomic E-state index is 6.24. The molecule has 20 heavy (non-hydrogen) atoms. The highest BCUT2D eigenvalue weighted by molar-refractivity contribution is 5.34. The maximum Gasteiger partial charge on any atom is 0.127 e. The van der Waals surface area contributed by atoms with Gasteiger partial charge in [-0.25, -0.2) is 0 Å². The monoisotopic (exact) mass is 269 g/mol. The van der Waals surface area contributed by atoms with Crippen LogP contribution in [0, 0.1) is 0 Å². The summed E-state index contributed by atoms with van der Waals surface area (Å²) in [5, 5.41) is 0. The van der Waals surface area contributed by atoms with Crippen molar-refractivity contribution in [2.24, 2.45) is 5.73 Å². The molecular weight excluding hydrogens is 246 g/mol. The quantitative estimate of drug-likeness (QED) is 0.713. The van der Waals surface area contributed by atoms with Crippen LogP contribution in [-0.4, -0.2) is 0 Å². The van der Waals surface area contributed by atoms with E-state index >= 15 is 0 Å². The lowest BCUT2D eigenvalue weighted by atomic mass is 10.0. The van der Waals surface area contributed by atoms with Gasteiger partial charge < -0.3 is 10.5 Å². The number of benzene rings is 2. The van der Waals surface area contributed by atoms with Crippen molar-refractivity contribution in [1.29, 1.82) is 0 Å². The van der Waals surface area contributed by atoms with Crippen LogP contribution in [-0.2, 0) is 0 Å². The van der Waals surface area contributed by atoms with Gasteiger partial charge in [0.1, 0.15) is 11.5 Å². The van der Waals surface area contributed by atoms with Gasteiger partial charge in [0.2, 0.25) is 0 Å². The lowest BCUT2D eigenvalue weighted by Gasteiger charge is -2.13. The van der Waals surface area contributed by atoms with Crippen LogP contribution in [0.2, 0.25) is 0 Å². The number of rotatable bonds is 7. The van der Waals surface area contributed by atoms with Crippen LogP contribution in [0.3, 0.4) is 0 Å². The Labute approximate surface area is 121 Å². The zero-order valence-corrected chi connectivity index (χ0v) is 12.1. The van der Waals surface area contributed by atoms with Gasteiger partial charge in [-0.3, -0.25) is 0 Å². The van der Waals surface area contributed by atoms with Crippen molar-refractivity contribution in [2.75, 3.05) is 0 Å². The number of nitrogens with two attached hydrogens (primary N) is 1. The number of hydrogen-bond acceptors (Lipinski definition) is 2. The molecule has 2 heteroatoms. The molecule has 0 saturated carbocycles. The first-order chi connectivity index (χ1) is 9.79. The summed E-state index contributed by atoms with van der Waals surface area (Å²) in [5.74, 6) is 1.70. The van der Waals surface area contributed by atoms with E-state index in [0.717, 1.165) is 23.5 Å². The van der Waals surface area contributed by atoms with Gasteiger partial charge in [-0.05, 0) is 36.2 Å². The molecule has 2 N–H and O–H groups in total. The Morgan fingerprint density at radius 1 is 0.950 bits per heavy atom. The Hall–Kier alpha value is -1.80. The molecule has 0 aliphatic heterocycles. The molecule has 2 aromatic rings. The molecule has 0 heterocycles. The fourth-order valence-electron chi connectivity index (χ4n) is 2.21. The molecule has 106 valence electrons. The molecule has 0 amide bonds. The molecule has 0 bridgehead atoms. The molecule has 2 rings (SSSR count). The van der Waals surface area contributed by atoms with Crippen LogP contribution < -0.4 is 10.5 Å². The predicted molar refractivity (Wildman–Crippen MR) is 84.0 cm³/mol. The number of ether oxygens (including phenoxy) is 1. The molecule has 0 aliphatic carbocycles. The van der Waals surface area contributed by atoms with Gasteiger partial charge in [0, 0.05) is 6.04 Å². The summed E-state index contributed by atoms with van der Waals surface area (Å²) in [7, 11) is 0. The Balaban J connectivity index is 2.00. The molecule has 0 saturated heterocycles. The molecule has 2 nitrogen and oxygen atoms in total. The van der Waals surface area contributed by atoms with Gasteiger partial charge in [-0.15, -0.1) is 0 Å². The lowest BCUT2D eigenvalue weighted by Crippen LogP contribution is -2.10. The van der Waals surface area contributed by atoms with Crippen molar-refractivity contribution in [3.05, 3.63) is 60.2 Å². The van der Waals surface area contributed by atoms with E-state index in [1.54, 1.807) is 0 Å². The normalized spacial score (nSPS) is 12.1. The molecule has 0 unspecified atom stereocenters. The Kier molecular flexibility index (Phi) is 5.63. The first-order valence-corrected chi connectivity index (χ1v) is 7.38. The fraction of sp³-hybridized carbons (Fsp3) is 0.333. The first-order valence-electron chi connectivity index (χ1n) is 7.38. The van der Waals surface area contributed by atoms with Crippen LogP contribution >= 0.6 is 0 Å². The zero-order valence-electron chi connectivity index (χ0n) is 12.1. The topological polar surface area (TPSA) is 35.2 Å². The molecule has 1 atom stereocenters. The second-order valence-electron chi connectivity index (χ2n) is 5.09. The highest BCUT2D eigenvalue weighted by Crippen LogP contribution is 2.25. The average Bonchev–Trinajstić information content (AvgIpc) is 2.49. The van der Waals surface area contributed by atoms with Crippen LogP contribution in [0.4, 0.5) is 0 Å². The van der Waals surface area contributed by atoms with Crippen LogP contribution in [0.25, 0.3) is 0 Å². The second kappa shape index (κ2) is 7.71. The molecule has 0 aliphatic rings. The predicted octanol–water partition coefficient (Wildman–Crippen LogP) is 5.06. The average molecular weight is 269 g/mol. The van der Waals surface area contributed by atoms with Crippen molar-refractivity contribution in [3.8, 4) is 11.5 Å². The molecular formula is C18H23NO. The van der Waals surface area contributed by atoms with Gasteiger partial charge in [-0.2, -0.15) is 0 Å².